The molecule has 0 bridgehead atoms. The molecule has 0 aromatic carbocycles. The first-order valence-electron chi connectivity index (χ1n) is 7.95. The van der Waals surface area contributed by atoms with Crippen LogP contribution in [0.4, 0.5) is 0 Å². The number of carbonyl (C=O) groups is 1. The Hall–Kier alpha value is -2.15. The van der Waals surface area contributed by atoms with Crippen molar-refractivity contribution in [3.05, 3.63) is 48.4 Å². The van der Waals surface area contributed by atoms with Crippen molar-refractivity contribution in [1.29, 1.82) is 0 Å². The second-order valence-electron chi connectivity index (χ2n) is 6.38. The van der Waals surface area contributed by atoms with Gasteiger partial charge in [-0.3, -0.25) is 4.79 Å². The maximum atomic E-state index is 12.8. The number of aromatic nitrogens is 2. The highest BCUT2D eigenvalue weighted by Gasteiger charge is 2.37. The van der Waals surface area contributed by atoms with Gasteiger partial charge in [0.05, 0.1) is 11.3 Å². The third-order valence-electron chi connectivity index (χ3n) is 4.06. The Morgan fingerprint density at radius 3 is 2.50 bits per heavy atom. The number of nitrogens with zero attached hydrogens (tertiary/aromatic N) is 3. The van der Waals surface area contributed by atoms with E-state index in [0.29, 0.717) is 5.56 Å². The van der Waals surface area contributed by atoms with Crippen molar-refractivity contribution in [2.24, 2.45) is 0 Å². The predicted octanol–water partition coefficient (Wildman–Crippen LogP) is 1.91. The van der Waals surface area contributed by atoms with Gasteiger partial charge in [0.25, 0.3) is 5.91 Å². The first kappa shape index (κ1) is 16.7. The van der Waals surface area contributed by atoms with Crippen LogP contribution in [0.2, 0.25) is 0 Å². The van der Waals surface area contributed by atoms with Crippen LogP contribution in [0, 0.1) is 0 Å². The van der Waals surface area contributed by atoms with Crippen molar-refractivity contribution >= 4 is 15.7 Å². The number of amides is 1. The molecule has 0 saturated heterocycles. The van der Waals surface area contributed by atoms with Gasteiger partial charge >= 0.3 is 0 Å². The normalized spacial score (nSPS) is 15.9. The smallest absolute Gasteiger partial charge is 0.255 e. The molecule has 3 rings (SSSR count). The summed E-state index contributed by atoms with van der Waals surface area (Å²) in [5.74, 6) is 0.559. The Bertz CT molecular complexity index is 809. The van der Waals surface area contributed by atoms with Gasteiger partial charge in [-0.2, -0.15) is 0 Å². The minimum absolute atomic E-state index is 0.0237. The minimum Gasteiger partial charge on any atom is -0.332 e. The summed E-state index contributed by atoms with van der Waals surface area (Å²) < 4.78 is 25.0. The molecule has 0 aliphatic heterocycles. The van der Waals surface area contributed by atoms with Crippen molar-refractivity contribution in [1.82, 2.24) is 14.5 Å². The zero-order valence-electron chi connectivity index (χ0n) is 13.8. The Balaban J connectivity index is 1.80. The van der Waals surface area contributed by atoms with Crippen LogP contribution >= 0.6 is 0 Å². The fraction of sp³-hybridized carbons (Fsp3) is 0.412. The van der Waals surface area contributed by atoms with Crippen LogP contribution in [0.1, 0.15) is 30.1 Å². The van der Waals surface area contributed by atoms with Gasteiger partial charge in [0.2, 0.25) is 0 Å². The van der Waals surface area contributed by atoms with Gasteiger partial charge in [-0.15, -0.1) is 0 Å². The summed E-state index contributed by atoms with van der Waals surface area (Å²) in [5, 5.41) is 0. The molecule has 6 nitrogen and oxygen atoms in total. The molecule has 0 spiro atoms. The van der Waals surface area contributed by atoms with Crippen LogP contribution in [0.3, 0.4) is 0 Å². The number of hydrogen-bond acceptors (Lipinski definition) is 4. The number of sulfone groups is 1. The first-order chi connectivity index (χ1) is 11.3. The summed E-state index contributed by atoms with van der Waals surface area (Å²) >= 11 is 0. The molecule has 0 unspecified atom stereocenters. The lowest BCUT2D eigenvalue weighted by molar-refractivity contribution is 0.0692. The fourth-order valence-corrected chi connectivity index (χ4v) is 3.94. The summed E-state index contributed by atoms with van der Waals surface area (Å²) in [4.78, 5) is 18.9. The summed E-state index contributed by atoms with van der Waals surface area (Å²) in [6, 6.07) is 7.14. The van der Waals surface area contributed by atoms with Crippen LogP contribution in [-0.4, -0.2) is 52.9 Å². The zero-order chi connectivity index (χ0) is 17.3. The molecule has 0 N–H and O–H groups in total. The Labute approximate surface area is 142 Å². The van der Waals surface area contributed by atoms with Crippen molar-refractivity contribution in [2.75, 3.05) is 12.0 Å². The van der Waals surface area contributed by atoms with E-state index in [0.717, 1.165) is 18.7 Å². The Morgan fingerprint density at radius 1 is 1.33 bits per heavy atom. The fourth-order valence-electron chi connectivity index (χ4n) is 2.90. The van der Waals surface area contributed by atoms with E-state index in [-0.39, 0.29) is 23.7 Å². The largest absolute Gasteiger partial charge is 0.332 e. The van der Waals surface area contributed by atoms with Crippen molar-refractivity contribution in [3.8, 4) is 5.82 Å². The number of carbonyl (C=O) groups excluding carboxylic acids is 1. The van der Waals surface area contributed by atoms with Gasteiger partial charge < -0.3 is 9.47 Å². The Morgan fingerprint density at radius 2 is 2.00 bits per heavy atom. The third-order valence-corrected chi connectivity index (χ3v) is 5.15. The van der Waals surface area contributed by atoms with Crippen LogP contribution in [0.5, 0.6) is 0 Å². The molecule has 2 heterocycles. The van der Waals surface area contributed by atoms with Crippen LogP contribution in [-0.2, 0) is 9.84 Å². The van der Waals surface area contributed by atoms with Gasteiger partial charge in [-0.05, 0) is 44.0 Å². The summed E-state index contributed by atoms with van der Waals surface area (Å²) in [5.41, 5.74) is 0.484. The molecule has 1 saturated carbocycles. The third kappa shape index (κ3) is 3.84. The highest BCUT2D eigenvalue weighted by Crippen LogP contribution is 2.30. The maximum absolute atomic E-state index is 12.8. The van der Waals surface area contributed by atoms with Gasteiger partial charge in [0, 0.05) is 36.9 Å². The van der Waals surface area contributed by atoms with Gasteiger partial charge in [0.1, 0.15) is 15.7 Å². The number of rotatable bonds is 6. The minimum atomic E-state index is -3.14. The molecule has 7 heteroatoms. The highest BCUT2D eigenvalue weighted by molar-refractivity contribution is 7.90. The van der Waals surface area contributed by atoms with Gasteiger partial charge in [0.15, 0.2) is 0 Å². The van der Waals surface area contributed by atoms with Crippen LogP contribution < -0.4 is 0 Å². The van der Waals surface area contributed by atoms with Gasteiger partial charge in [-0.25, -0.2) is 13.4 Å². The zero-order valence-corrected chi connectivity index (χ0v) is 14.6. The van der Waals surface area contributed by atoms with E-state index < -0.39 is 9.84 Å². The molecule has 1 aliphatic rings. The van der Waals surface area contributed by atoms with Crippen molar-refractivity contribution in [3.63, 3.8) is 0 Å². The summed E-state index contributed by atoms with van der Waals surface area (Å²) in [6.07, 6.45) is 8.37. The van der Waals surface area contributed by atoms with Crippen LogP contribution in [0.25, 0.3) is 5.82 Å². The van der Waals surface area contributed by atoms with E-state index in [9.17, 15) is 13.2 Å². The lowest BCUT2D eigenvalue weighted by Gasteiger charge is -2.29. The SMILES string of the molecule is C[C@@H](CS(C)(=O)=O)N(C(=O)c1ccc(-n2cccc2)nc1)C1CC1. The van der Waals surface area contributed by atoms with Crippen molar-refractivity contribution < 1.29 is 13.2 Å². The second kappa shape index (κ2) is 6.39. The summed E-state index contributed by atoms with van der Waals surface area (Å²) in [7, 11) is -3.14. The van der Waals surface area contributed by atoms with E-state index in [2.05, 4.69) is 4.98 Å². The van der Waals surface area contributed by atoms with E-state index >= 15 is 0 Å². The van der Waals surface area contributed by atoms with Gasteiger partial charge in [-0.1, -0.05) is 0 Å². The molecule has 2 aromatic rings. The second-order valence-corrected chi connectivity index (χ2v) is 8.57. The molecule has 1 aliphatic carbocycles. The maximum Gasteiger partial charge on any atom is 0.255 e. The monoisotopic (exact) mass is 347 g/mol. The topological polar surface area (TPSA) is 72.3 Å². The molecule has 0 radical (unpaired) electrons. The standard InChI is InChI=1S/C17H21N3O3S/c1-13(12-24(2,22)23)20(15-6-7-15)17(21)14-5-8-16(18-11-14)19-9-3-4-10-19/h3-5,8-11,13,15H,6-7,12H2,1-2H3/t13-/m0/s1. The molecule has 1 fully saturated rings. The number of pyridine rings is 1. The molecule has 1 amide bonds. The molecule has 1 atom stereocenters. The Kier molecular flexibility index (Phi) is 4.45. The van der Waals surface area contributed by atoms with E-state index in [1.807, 2.05) is 29.1 Å². The lowest BCUT2D eigenvalue weighted by Crippen LogP contribution is -2.43. The first-order valence-corrected chi connectivity index (χ1v) is 10.0. The molecule has 24 heavy (non-hydrogen) atoms. The number of hydrogen-bond donors (Lipinski definition) is 0. The molecule has 128 valence electrons. The van der Waals surface area contributed by atoms with E-state index in [4.69, 9.17) is 0 Å². The summed E-state index contributed by atoms with van der Waals surface area (Å²) in [6.45, 7) is 1.79. The predicted molar refractivity (Wildman–Crippen MR) is 91.9 cm³/mol. The molecule has 2 aromatic heterocycles. The quantitative estimate of drug-likeness (QED) is 0.800. The van der Waals surface area contributed by atoms with Crippen molar-refractivity contribution in [2.45, 2.75) is 31.8 Å². The average Bonchev–Trinajstić information content (AvgIpc) is 3.18. The lowest BCUT2D eigenvalue weighted by atomic mass is 10.2. The van der Waals surface area contributed by atoms with E-state index in [1.54, 1.807) is 30.2 Å². The average molecular weight is 347 g/mol. The van der Waals surface area contributed by atoms with Crippen LogP contribution in [0.15, 0.2) is 42.9 Å². The van der Waals surface area contributed by atoms with E-state index in [1.165, 1.54) is 6.26 Å². The highest BCUT2D eigenvalue weighted by atomic mass is 32.2. The molecular formula is C17H21N3O3S. The molecular weight excluding hydrogens is 326 g/mol.